The molecular formula is C27H24O5. The number of ketones is 1. The number of methoxy groups -OCH3 is 1. The number of benzene rings is 3. The maximum Gasteiger partial charge on any atom is 0.337 e. The Morgan fingerprint density at radius 2 is 1.72 bits per heavy atom. The van der Waals surface area contributed by atoms with E-state index < -0.39 is 0 Å². The van der Waals surface area contributed by atoms with Crippen molar-refractivity contribution in [1.29, 1.82) is 0 Å². The highest BCUT2D eigenvalue weighted by Crippen LogP contribution is 2.35. The second kappa shape index (κ2) is 9.10. The highest BCUT2D eigenvalue weighted by Gasteiger charge is 2.27. The molecule has 0 aromatic heterocycles. The Bertz CT molecular complexity index is 1170. The molecule has 3 aromatic carbocycles. The van der Waals surface area contributed by atoms with Crippen molar-refractivity contribution < 1.29 is 23.8 Å². The molecular weight excluding hydrogens is 404 g/mol. The number of fused-ring (bicyclic) bond motifs is 1. The van der Waals surface area contributed by atoms with Crippen molar-refractivity contribution in [1.82, 2.24) is 0 Å². The first-order chi connectivity index (χ1) is 15.4. The van der Waals surface area contributed by atoms with Crippen molar-refractivity contribution in [3.05, 3.63) is 100 Å². The van der Waals surface area contributed by atoms with Gasteiger partial charge < -0.3 is 14.2 Å². The zero-order valence-corrected chi connectivity index (χ0v) is 18.3. The minimum absolute atomic E-state index is 0.141. The monoisotopic (exact) mass is 428 g/mol. The lowest BCUT2D eigenvalue weighted by Gasteiger charge is -2.08. The van der Waals surface area contributed by atoms with Crippen LogP contribution in [0.4, 0.5) is 0 Å². The summed E-state index contributed by atoms with van der Waals surface area (Å²) in [7, 11) is 1.35. The van der Waals surface area contributed by atoms with Crippen LogP contribution in [0.15, 0.2) is 72.5 Å². The Kier molecular flexibility index (Phi) is 6.08. The van der Waals surface area contributed by atoms with Crippen molar-refractivity contribution in [2.24, 2.45) is 0 Å². The standard InChI is InChI=1S/C27H24O5/c1-17(2)20-8-4-18(5-9-20)14-25-26(28)23-13-12-22(15-24(23)32-25)31-16-19-6-10-21(11-7-19)27(29)30-3/h4-15,17H,16H2,1-3H3/b25-14-. The Hall–Kier alpha value is -3.86. The maximum atomic E-state index is 12.7. The summed E-state index contributed by atoms with van der Waals surface area (Å²) in [6, 6.07) is 20.3. The molecule has 0 radical (unpaired) electrons. The highest BCUT2D eigenvalue weighted by molar-refractivity contribution is 6.14. The van der Waals surface area contributed by atoms with Crippen LogP contribution in [0.2, 0.25) is 0 Å². The van der Waals surface area contributed by atoms with Crippen LogP contribution in [0.5, 0.6) is 11.5 Å². The first-order valence-electron chi connectivity index (χ1n) is 10.4. The lowest BCUT2D eigenvalue weighted by Crippen LogP contribution is -2.02. The van der Waals surface area contributed by atoms with E-state index in [2.05, 4.69) is 26.0 Å². The average molecular weight is 428 g/mol. The SMILES string of the molecule is COC(=O)c1ccc(COc2ccc3c(c2)O/C(=C\c2ccc(C(C)C)cc2)C3=O)cc1. The number of hydrogen-bond acceptors (Lipinski definition) is 5. The molecule has 0 saturated heterocycles. The van der Waals surface area contributed by atoms with Gasteiger partial charge in [-0.3, -0.25) is 4.79 Å². The molecule has 0 fully saturated rings. The molecule has 0 N–H and O–H groups in total. The van der Waals surface area contributed by atoms with Crippen molar-refractivity contribution >= 4 is 17.8 Å². The van der Waals surface area contributed by atoms with Gasteiger partial charge in [0.05, 0.1) is 18.2 Å². The summed E-state index contributed by atoms with van der Waals surface area (Å²) in [6.07, 6.45) is 1.76. The summed E-state index contributed by atoms with van der Waals surface area (Å²) in [5.74, 6) is 1.31. The number of allylic oxidation sites excluding steroid dienone is 1. The van der Waals surface area contributed by atoms with Gasteiger partial charge in [0.2, 0.25) is 5.78 Å². The third-order valence-corrected chi connectivity index (χ3v) is 5.32. The molecule has 5 heteroatoms. The average Bonchev–Trinajstić information content (AvgIpc) is 3.12. The fourth-order valence-corrected chi connectivity index (χ4v) is 3.41. The molecule has 162 valence electrons. The van der Waals surface area contributed by atoms with Crippen LogP contribution in [0.3, 0.4) is 0 Å². The molecule has 0 bridgehead atoms. The van der Waals surface area contributed by atoms with E-state index in [-0.39, 0.29) is 11.8 Å². The molecule has 0 spiro atoms. The quantitative estimate of drug-likeness (QED) is 0.367. The van der Waals surface area contributed by atoms with Gasteiger partial charge in [-0.15, -0.1) is 0 Å². The number of esters is 1. The van der Waals surface area contributed by atoms with E-state index in [4.69, 9.17) is 14.2 Å². The van der Waals surface area contributed by atoms with Gasteiger partial charge in [-0.05, 0) is 52.9 Å². The van der Waals surface area contributed by atoms with E-state index in [1.54, 1.807) is 36.4 Å². The summed E-state index contributed by atoms with van der Waals surface area (Å²) in [5.41, 5.74) is 4.07. The van der Waals surface area contributed by atoms with Crippen LogP contribution in [0.25, 0.3) is 6.08 Å². The summed E-state index contributed by atoms with van der Waals surface area (Å²) in [5, 5.41) is 0. The first-order valence-corrected chi connectivity index (χ1v) is 10.4. The smallest absolute Gasteiger partial charge is 0.337 e. The molecule has 1 heterocycles. The zero-order chi connectivity index (χ0) is 22.7. The molecule has 0 unspecified atom stereocenters. The fourth-order valence-electron chi connectivity index (χ4n) is 3.41. The van der Waals surface area contributed by atoms with Gasteiger partial charge in [0.15, 0.2) is 5.76 Å². The number of hydrogen-bond donors (Lipinski definition) is 0. The number of rotatable bonds is 6. The minimum atomic E-state index is -0.377. The molecule has 32 heavy (non-hydrogen) atoms. The number of carbonyl (C=O) groups excluding carboxylic acids is 2. The van der Waals surface area contributed by atoms with Gasteiger partial charge in [0.25, 0.3) is 0 Å². The Balaban J connectivity index is 1.44. The van der Waals surface area contributed by atoms with Crippen molar-refractivity contribution in [3.8, 4) is 11.5 Å². The van der Waals surface area contributed by atoms with Gasteiger partial charge in [-0.2, -0.15) is 0 Å². The lowest BCUT2D eigenvalue weighted by atomic mass is 10.0. The Labute approximate surface area is 187 Å². The van der Waals surface area contributed by atoms with Crippen LogP contribution in [0.1, 0.15) is 57.2 Å². The largest absolute Gasteiger partial charge is 0.489 e. The molecule has 0 saturated carbocycles. The van der Waals surface area contributed by atoms with Crippen LogP contribution in [-0.4, -0.2) is 18.9 Å². The van der Waals surface area contributed by atoms with Crippen molar-refractivity contribution in [3.63, 3.8) is 0 Å². The summed E-state index contributed by atoms with van der Waals surface area (Å²) >= 11 is 0. The van der Waals surface area contributed by atoms with E-state index in [1.807, 2.05) is 24.3 Å². The van der Waals surface area contributed by atoms with Crippen LogP contribution in [0, 0.1) is 0 Å². The second-order valence-corrected chi connectivity index (χ2v) is 7.90. The van der Waals surface area contributed by atoms with Gasteiger partial charge in [0, 0.05) is 6.07 Å². The Morgan fingerprint density at radius 3 is 2.38 bits per heavy atom. The third-order valence-electron chi connectivity index (χ3n) is 5.32. The molecule has 1 aliphatic heterocycles. The van der Waals surface area contributed by atoms with Crippen molar-refractivity contribution in [2.75, 3.05) is 7.11 Å². The predicted molar refractivity (Wildman–Crippen MR) is 122 cm³/mol. The number of carbonyl (C=O) groups is 2. The zero-order valence-electron chi connectivity index (χ0n) is 18.3. The molecule has 0 amide bonds. The van der Waals surface area contributed by atoms with Crippen LogP contribution in [-0.2, 0) is 11.3 Å². The molecule has 5 nitrogen and oxygen atoms in total. The van der Waals surface area contributed by atoms with Crippen molar-refractivity contribution in [2.45, 2.75) is 26.4 Å². The second-order valence-electron chi connectivity index (χ2n) is 7.90. The van der Waals surface area contributed by atoms with Gasteiger partial charge >= 0.3 is 5.97 Å². The van der Waals surface area contributed by atoms with E-state index in [1.165, 1.54) is 12.7 Å². The normalized spacial score (nSPS) is 13.8. The van der Waals surface area contributed by atoms with Crippen LogP contribution < -0.4 is 9.47 Å². The maximum absolute atomic E-state index is 12.7. The first kappa shape index (κ1) is 21.4. The lowest BCUT2D eigenvalue weighted by molar-refractivity contribution is 0.0600. The number of ether oxygens (including phenoxy) is 3. The predicted octanol–water partition coefficient (Wildman–Crippen LogP) is 5.79. The molecule has 1 aliphatic rings. The molecule has 4 rings (SSSR count). The minimum Gasteiger partial charge on any atom is -0.489 e. The third kappa shape index (κ3) is 4.57. The Morgan fingerprint density at radius 1 is 1.00 bits per heavy atom. The molecule has 0 atom stereocenters. The summed E-state index contributed by atoms with van der Waals surface area (Å²) < 4.78 is 16.4. The van der Waals surface area contributed by atoms with Gasteiger partial charge in [0.1, 0.15) is 18.1 Å². The van der Waals surface area contributed by atoms with Gasteiger partial charge in [-0.25, -0.2) is 4.79 Å². The molecule has 0 aliphatic carbocycles. The van der Waals surface area contributed by atoms with E-state index in [0.717, 1.165) is 11.1 Å². The highest BCUT2D eigenvalue weighted by atomic mass is 16.5. The topological polar surface area (TPSA) is 61.8 Å². The summed E-state index contributed by atoms with van der Waals surface area (Å²) in [6.45, 7) is 4.61. The van der Waals surface area contributed by atoms with E-state index in [0.29, 0.717) is 40.9 Å². The number of Topliss-reactive ketones (excluding diaryl/α,β-unsaturated/α-hetero) is 1. The van der Waals surface area contributed by atoms with Gasteiger partial charge in [-0.1, -0.05) is 50.2 Å². The fraction of sp³-hybridized carbons (Fsp3) is 0.185. The van der Waals surface area contributed by atoms with Crippen LogP contribution >= 0.6 is 0 Å². The molecule has 3 aromatic rings. The summed E-state index contributed by atoms with van der Waals surface area (Å²) in [4.78, 5) is 24.2. The van der Waals surface area contributed by atoms with E-state index in [9.17, 15) is 9.59 Å². The van der Waals surface area contributed by atoms with E-state index >= 15 is 0 Å².